The summed E-state index contributed by atoms with van der Waals surface area (Å²) in [6, 6.07) is 11.6. The number of anilines is 3. The van der Waals surface area contributed by atoms with Crippen molar-refractivity contribution in [2.45, 2.75) is 13.3 Å². The minimum absolute atomic E-state index is 0.0802. The molecular weight excluding hydrogens is 356 g/mol. The second-order valence-corrected chi connectivity index (χ2v) is 6.57. The highest BCUT2D eigenvalue weighted by Gasteiger charge is 2.24. The van der Waals surface area contributed by atoms with Gasteiger partial charge in [0.1, 0.15) is 0 Å². The van der Waals surface area contributed by atoms with E-state index in [1.165, 1.54) is 11.8 Å². The maximum Gasteiger partial charge on any atom is 0.289 e. The molecule has 3 aromatic rings. The quantitative estimate of drug-likeness (QED) is 0.730. The number of nitrogens with one attached hydrogen (secondary N) is 1. The average molecular weight is 378 g/mol. The third-order valence-corrected chi connectivity index (χ3v) is 4.79. The molecule has 0 spiro atoms. The van der Waals surface area contributed by atoms with E-state index in [0.717, 1.165) is 17.9 Å². The van der Waals surface area contributed by atoms with Gasteiger partial charge in [0.05, 0.1) is 12.5 Å². The van der Waals surface area contributed by atoms with E-state index in [4.69, 9.17) is 4.42 Å². The van der Waals surface area contributed by atoms with Crippen LogP contribution in [0.3, 0.4) is 0 Å². The Morgan fingerprint density at radius 3 is 2.61 bits per heavy atom. The summed E-state index contributed by atoms with van der Waals surface area (Å²) < 4.78 is 5.20. The van der Waals surface area contributed by atoms with E-state index in [2.05, 4.69) is 44.5 Å². The zero-order valence-corrected chi connectivity index (χ0v) is 15.7. The number of aromatic nitrogens is 3. The van der Waals surface area contributed by atoms with Crippen LogP contribution in [0, 0.1) is 0 Å². The van der Waals surface area contributed by atoms with E-state index in [0.29, 0.717) is 37.9 Å². The third kappa shape index (κ3) is 3.95. The number of nitrogens with zero attached hydrogens (tertiary/aromatic N) is 5. The summed E-state index contributed by atoms with van der Waals surface area (Å²) in [5, 5.41) is 11.3. The van der Waals surface area contributed by atoms with Crippen molar-refractivity contribution in [1.82, 2.24) is 20.1 Å². The molecule has 4 rings (SSSR count). The number of carbonyl (C=O) groups excluding carboxylic acids is 1. The highest BCUT2D eigenvalue weighted by Crippen LogP contribution is 2.18. The third-order valence-electron chi connectivity index (χ3n) is 4.79. The Morgan fingerprint density at radius 1 is 1.14 bits per heavy atom. The maximum atomic E-state index is 12.4. The van der Waals surface area contributed by atoms with Gasteiger partial charge in [0, 0.05) is 31.9 Å². The fourth-order valence-corrected chi connectivity index (χ4v) is 3.15. The molecule has 3 heterocycles. The first-order valence-electron chi connectivity index (χ1n) is 9.36. The summed E-state index contributed by atoms with van der Waals surface area (Å²) in [5.74, 6) is 1.49. The molecule has 1 amide bonds. The number of furan rings is 1. The molecule has 0 unspecified atom stereocenters. The molecule has 0 aliphatic carbocycles. The number of carbonyl (C=O) groups is 1. The molecule has 8 heteroatoms. The Bertz CT molecular complexity index is 918. The molecule has 144 valence electrons. The predicted molar refractivity (Wildman–Crippen MR) is 106 cm³/mol. The van der Waals surface area contributed by atoms with E-state index < -0.39 is 0 Å². The highest BCUT2D eigenvalue weighted by atomic mass is 16.3. The first-order chi connectivity index (χ1) is 13.7. The molecule has 0 radical (unpaired) electrons. The van der Waals surface area contributed by atoms with Crippen molar-refractivity contribution in [2.75, 3.05) is 36.4 Å². The molecule has 8 nitrogen and oxygen atoms in total. The fraction of sp³-hybridized carbons (Fsp3) is 0.300. The average Bonchev–Trinajstić information content (AvgIpc) is 3.29. The first kappa shape index (κ1) is 18.0. The molecule has 1 fully saturated rings. The standard InChI is InChI=1S/C20H22N6O2/c1-2-15-5-7-16(8-6-15)22-20-23-18(14-21-24-20)25-9-11-26(12-10-25)19(27)17-4-3-13-28-17/h3-8,13-14H,2,9-12H2,1H3,(H,22,23,24). The van der Waals surface area contributed by atoms with Gasteiger partial charge in [-0.15, -0.1) is 5.10 Å². The topological polar surface area (TPSA) is 87.4 Å². The molecule has 1 aliphatic rings. The summed E-state index contributed by atoms with van der Waals surface area (Å²) >= 11 is 0. The monoisotopic (exact) mass is 378 g/mol. The molecule has 1 aromatic carbocycles. The smallest absolute Gasteiger partial charge is 0.289 e. The van der Waals surface area contributed by atoms with Crippen LogP contribution in [0.2, 0.25) is 0 Å². The van der Waals surface area contributed by atoms with Gasteiger partial charge in [-0.1, -0.05) is 19.1 Å². The van der Waals surface area contributed by atoms with Gasteiger partial charge >= 0.3 is 0 Å². The lowest BCUT2D eigenvalue weighted by Gasteiger charge is -2.34. The highest BCUT2D eigenvalue weighted by molar-refractivity contribution is 5.91. The van der Waals surface area contributed by atoms with Crippen LogP contribution in [-0.2, 0) is 6.42 Å². The number of rotatable bonds is 5. The van der Waals surface area contributed by atoms with Gasteiger partial charge in [-0.25, -0.2) is 0 Å². The molecule has 0 saturated carbocycles. The van der Waals surface area contributed by atoms with E-state index in [9.17, 15) is 4.79 Å². The van der Waals surface area contributed by atoms with Crippen LogP contribution in [0.4, 0.5) is 17.5 Å². The van der Waals surface area contributed by atoms with Gasteiger partial charge in [-0.2, -0.15) is 10.1 Å². The molecule has 1 N–H and O–H groups in total. The van der Waals surface area contributed by atoms with Gasteiger partial charge in [0.15, 0.2) is 11.6 Å². The minimum Gasteiger partial charge on any atom is -0.459 e. The Labute approximate surface area is 163 Å². The number of benzene rings is 1. The van der Waals surface area contributed by atoms with Crippen LogP contribution >= 0.6 is 0 Å². The van der Waals surface area contributed by atoms with E-state index in [1.54, 1.807) is 23.2 Å². The summed E-state index contributed by atoms with van der Waals surface area (Å²) in [6.45, 7) is 4.68. The largest absolute Gasteiger partial charge is 0.459 e. The summed E-state index contributed by atoms with van der Waals surface area (Å²) in [5.41, 5.74) is 2.20. The normalized spacial score (nSPS) is 14.2. The molecule has 2 aromatic heterocycles. The number of piperazine rings is 1. The van der Waals surface area contributed by atoms with Crippen molar-refractivity contribution in [3.8, 4) is 0 Å². The zero-order chi connectivity index (χ0) is 19.3. The molecule has 0 bridgehead atoms. The summed E-state index contributed by atoms with van der Waals surface area (Å²) in [6.07, 6.45) is 4.16. The molecule has 1 saturated heterocycles. The number of aryl methyl sites for hydroxylation is 1. The van der Waals surface area contributed by atoms with Gasteiger partial charge in [-0.05, 0) is 36.2 Å². The molecule has 1 aliphatic heterocycles. The molecule has 0 atom stereocenters. The van der Waals surface area contributed by atoms with Gasteiger partial charge in [0.2, 0.25) is 5.95 Å². The van der Waals surface area contributed by atoms with Crippen molar-refractivity contribution in [3.63, 3.8) is 0 Å². The SMILES string of the molecule is CCc1ccc(Nc2nncc(N3CCN(C(=O)c4ccco4)CC3)n2)cc1. The second-order valence-electron chi connectivity index (χ2n) is 6.57. The Balaban J connectivity index is 1.38. The van der Waals surface area contributed by atoms with Crippen LogP contribution in [0.25, 0.3) is 0 Å². The summed E-state index contributed by atoms with van der Waals surface area (Å²) in [4.78, 5) is 20.8. The lowest BCUT2D eigenvalue weighted by molar-refractivity contribution is 0.0714. The Hall–Kier alpha value is -3.42. The van der Waals surface area contributed by atoms with Crippen LogP contribution in [0.1, 0.15) is 23.0 Å². The van der Waals surface area contributed by atoms with Crippen LogP contribution in [0.5, 0.6) is 0 Å². The van der Waals surface area contributed by atoms with Gasteiger partial charge in [-0.3, -0.25) is 4.79 Å². The summed E-state index contributed by atoms with van der Waals surface area (Å²) in [7, 11) is 0. The van der Waals surface area contributed by atoms with E-state index in [-0.39, 0.29) is 5.91 Å². The Morgan fingerprint density at radius 2 is 1.93 bits per heavy atom. The maximum absolute atomic E-state index is 12.4. The number of hydrogen-bond acceptors (Lipinski definition) is 7. The zero-order valence-electron chi connectivity index (χ0n) is 15.7. The van der Waals surface area contributed by atoms with Crippen LogP contribution in [-0.4, -0.2) is 52.2 Å². The lowest BCUT2D eigenvalue weighted by Crippen LogP contribution is -2.49. The molecular formula is C20H22N6O2. The van der Waals surface area contributed by atoms with Gasteiger partial charge < -0.3 is 19.5 Å². The first-order valence-corrected chi connectivity index (χ1v) is 9.36. The van der Waals surface area contributed by atoms with Crippen LogP contribution < -0.4 is 10.2 Å². The van der Waals surface area contributed by atoms with E-state index >= 15 is 0 Å². The van der Waals surface area contributed by atoms with Crippen LogP contribution in [0.15, 0.2) is 53.3 Å². The Kier molecular flexibility index (Phi) is 5.18. The van der Waals surface area contributed by atoms with E-state index in [1.807, 2.05) is 12.1 Å². The predicted octanol–water partition coefficient (Wildman–Crippen LogP) is 2.73. The van der Waals surface area contributed by atoms with Crippen molar-refractivity contribution in [2.24, 2.45) is 0 Å². The second kappa shape index (κ2) is 8.08. The van der Waals surface area contributed by atoms with Crippen molar-refractivity contribution in [1.29, 1.82) is 0 Å². The van der Waals surface area contributed by atoms with Crippen molar-refractivity contribution < 1.29 is 9.21 Å². The van der Waals surface area contributed by atoms with Gasteiger partial charge in [0.25, 0.3) is 5.91 Å². The lowest BCUT2D eigenvalue weighted by atomic mass is 10.1. The van der Waals surface area contributed by atoms with Crippen molar-refractivity contribution in [3.05, 3.63) is 60.2 Å². The minimum atomic E-state index is -0.0802. The number of hydrogen-bond donors (Lipinski definition) is 1. The fourth-order valence-electron chi connectivity index (χ4n) is 3.15. The molecule has 28 heavy (non-hydrogen) atoms. The van der Waals surface area contributed by atoms with Crippen molar-refractivity contribution >= 4 is 23.4 Å². The number of amides is 1.